The van der Waals surface area contributed by atoms with Gasteiger partial charge in [0.15, 0.2) is 0 Å². The average molecular weight is 333 g/mol. The van der Waals surface area contributed by atoms with Crippen LogP contribution in [0.25, 0.3) is 0 Å². The van der Waals surface area contributed by atoms with Crippen LogP contribution in [-0.4, -0.2) is 45.0 Å². The van der Waals surface area contributed by atoms with Gasteiger partial charge in [-0.3, -0.25) is 9.36 Å². The first-order chi connectivity index (χ1) is 11.6. The third kappa shape index (κ3) is 3.30. The highest BCUT2D eigenvalue weighted by molar-refractivity contribution is 5.76. The Bertz CT molecular complexity index is 767. The number of rotatable bonds is 5. The minimum Gasteiger partial charge on any atom is -0.481 e. The highest BCUT2D eigenvalue weighted by Gasteiger charge is 2.31. The van der Waals surface area contributed by atoms with Crippen molar-refractivity contribution in [3.63, 3.8) is 0 Å². The molecule has 9 nitrogen and oxygen atoms in total. The molecule has 1 saturated heterocycles. The largest absolute Gasteiger partial charge is 0.481 e. The van der Waals surface area contributed by atoms with E-state index >= 15 is 0 Å². The fourth-order valence-corrected chi connectivity index (χ4v) is 2.66. The average Bonchev–Trinajstić information content (AvgIpc) is 3.17. The van der Waals surface area contributed by atoms with Gasteiger partial charge in [-0.05, 0) is 12.5 Å². The number of hydrogen-bond donors (Lipinski definition) is 1. The number of aromatic nitrogens is 4. The van der Waals surface area contributed by atoms with Crippen molar-refractivity contribution in [1.82, 2.24) is 24.6 Å². The van der Waals surface area contributed by atoms with Crippen molar-refractivity contribution >= 4 is 5.91 Å². The quantitative estimate of drug-likeness (QED) is 0.801. The van der Waals surface area contributed by atoms with Crippen molar-refractivity contribution < 1.29 is 14.3 Å². The monoisotopic (exact) mass is 333 g/mol. The number of methoxy groups -OCH3 is 1. The molecule has 0 radical (unpaired) electrons. The van der Waals surface area contributed by atoms with Gasteiger partial charge in [-0.2, -0.15) is 5.10 Å². The topological polar surface area (TPSA) is 100 Å². The summed E-state index contributed by atoms with van der Waals surface area (Å²) in [6, 6.07) is 3.44. The van der Waals surface area contributed by atoms with Crippen LogP contribution in [0.5, 0.6) is 5.88 Å². The standard InChI is InChI=1S/C15H19N5O4/c1-19-9-17-20(15(19)22)8-12(21)18-11-5-6-24-14(11)10-3-4-13(23-2)16-7-10/h3-4,7,9,11,14H,5-6,8H2,1-2H3,(H,18,21)/t11-,14+/m0/s1. The molecule has 0 spiro atoms. The van der Waals surface area contributed by atoms with Gasteiger partial charge < -0.3 is 14.8 Å². The maximum atomic E-state index is 12.2. The summed E-state index contributed by atoms with van der Waals surface area (Å²) in [7, 11) is 3.14. The van der Waals surface area contributed by atoms with Gasteiger partial charge in [0.1, 0.15) is 19.0 Å². The molecule has 2 aromatic heterocycles. The van der Waals surface area contributed by atoms with Gasteiger partial charge in [-0.15, -0.1) is 0 Å². The van der Waals surface area contributed by atoms with E-state index in [9.17, 15) is 9.59 Å². The Kier molecular flexibility index (Phi) is 4.61. The third-order valence-electron chi connectivity index (χ3n) is 3.92. The van der Waals surface area contributed by atoms with Crippen LogP contribution in [0.3, 0.4) is 0 Å². The van der Waals surface area contributed by atoms with Gasteiger partial charge in [0.2, 0.25) is 11.8 Å². The van der Waals surface area contributed by atoms with Gasteiger partial charge in [0.25, 0.3) is 0 Å². The molecule has 1 fully saturated rings. The summed E-state index contributed by atoms with van der Waals surface area (Å²) < 4.78 is 13.2. The highest BCUT2D eigenvalue weighted by Crippen LogP contribution is 2.29. The van der Waals surface area contributed by atoms with E-state index < -0.39 is 0 Å². The van der Waals surface area contributed by atoms with E-state index in [4.69, 9.17) is 9.47 Å². The van der Waals surface area contributed by atoms with Gasteiger partial charge in [0, 0.05) is 31.5 Å². The van der Waals surface area contributed by atoms with Gasteiger partial charge in [-0.25, -0.2) is 14.5 Å². The predicted molar refractivity (Wildman–Crippen MR) is 83.5 cm³/mol. The molecule has 9 heteroatoms. The van der Waals surface area contributed by atoms with Crippen LogP contribution in [0.4, 0.5) is 0 Å². The van der Waals surface area contributed by atoms with Crippen molar-refractivity contribution in [3.8, 4) is 5.88 Å². The van der Waals surface area contributed by atoms with Crippen LogP contribution in [0.2, 0.25) is 0 Å². The third-order valence-corrected chi connectivity index (χ3v) is 3.92. The van der Waals surface area contributed by atoms with E-state index in [2.05, 4.69) is 15.4 Å². The lowest BCUT2D eigenvalue weighted by Gasteiger charge is -2.20. The Labute approximate surface area is 138 Å². The second-order valence-electron chi connectivity index (χ2n) is 5.57. The molecule has 1 amide bonds. The van der Waals surface area contributed by atoms with Crippen LogP contribution >= 0.6 is 0 Å². The summed E-state index contributed by atoms with van der Waals surface area (Å²) in [6.45, 7) is 0.426. The first-order valence-corrected chi connectivity index (χ1v) is 7.58. The van der Waals surface area contributed by atoms with E-state index in [0.717, 1.165) is 10.2 Å². The first kappa shape index (κ1) is 16.2. The van der Waals surface area contributed by atoms with E-state index in [1.807, 2.05) is 6.07 Å². The first-order valence-electron chi connectivity index (χ1n) is 7.58. The van der Waals surface area contributed by atoms with Crippen LogP contribution in [0.15, 0.2) is 29.5 Å². The van der Waals surface area contributed by atoms with Gasteiger partial charge in [0.05, 0.1) is 13.2 Å². The van der Waals surface area contributed by atoms with Gasteiger partial charge in [-0.1, -0.05) is 0 Å². The summed E-state index contributed by atoms with van der Waals surface area (Å²) in [4.78, 5) is 28.1. The maximum Gasteiger partial charge on any atom is 0.345 e. The number of amides is 1. The second kappa shape index (κ2) is 6.83. The molecule has 0 aliphatic carbocycles. The summed E-state index contributed by atoms with van der Waals surface area (Å²) >= 11 is 0. The molecule has 0 aromatic carbocycles. The fourth-order valence-electron chi connectivity index (χ4n) is 2.66. The summed E-state index contributed by atoms with van der Waals surface area (Å²) in [6.07, 6.45) is 3.48. The summed E-state index contributed by atoms with van der Waals surface area (Å²) in [5.41, 5.74) is 0.539. The number of ether oxygens (including phenoxy) is 2. The van der Waals surface area contributed by atoms with E-state index in [-0.39, 0.29) is 30.3 Å². The zero-order chi connectivity index (χ0) is 17.1. The summed E-state index contributed by atoms with van der Waals surface area (Å²) in [5, 5.41) is 6.79. The predicted octanol–water partition coefficient (Wildman–Crippen LogP) is -0.368. The lowest BCUT2D eigenvalue weighted by molar-refractivity contribution is -0.123. The summed E-state index contributed by atoms with van der Waals surface area (Å²) in [5.74, 6) is 0.240. The smallest absolute Gasteiger partial charge is 0.345 e. The van der Waals surface area contributed by atoms with E-state index in [1.54, 1.807) is 26.4 Å². The Balaban J connectivity index is 1.65. The fraction of sp³-hybridized carbons (Fsp3) is 0.467. The highest BCUT2D eigenvalue weighted by atomic mass is 16.5. The van der Waals surface area contributed by atoms with E-state index in [1.165, 1.54) is 10.9 Å². The number of carbonyl (C=O) groups is 1. The second-order valence-corrected chi connectivity index (χ2v) is 5.57. The van der Waals surface area contributed by atoms with E-state index in [0.29, 0.717) is 18.9 Å². The van der Waals surface area contributed by atoms with Crippen LogP contribution in [0, 0.1) is 0 Å². The number of nitrogens with one attached hydrogen (secondary N) is 1. The Morgan fingerprint density at radius 1 is 1.50 bits per heavy atom. The number of aryl methyl sites for hydroxylation is 1. The number of pyridine rings is 1. The molecule has 0 unspecified atom stereocenters. The minimum atomic E-state index is -0.330. The van der Waals surface area contributed by atoms with Crippen molar-refractivity contribution in [2.24, 2.45) is 7.05 Å². The zero-order valence-electron chi connectivity index (χ0n) is 13.5. The van der Waals surface area contributed by atoms with Crippen LogP contribution < -0.4 is 15.7 Å². The lowest BCUT2D eigenvalue weighted by Crippen LogP contribution is -2.40. The van der Waals surface area contributed by atoms with Crippen molar-refractivity contribution in [3.05, 3.63) is 40.7 Å². The van der Waals surface area contributed by atoms with Crippen molar-refractivity contribution in [2.75, 3.05) is 13.7 Å². The molecular formula is C15H19N5O4. The Hall–Kier alpha value is -2.68. The molecule has 3 rings (SSSR count). The number of hydrogen-bond acceptors (Lipinski definition) is 6. The van der Waals surface area contributed by atoms with Crippen LogP contribution in [-0.2, 0) is 23.1 Å². The molecule has 0 saturated carbocycles. The molecule has 2 atom stereocenters. The van der Waals surface area contributed by atoms with Gasteiger partial charge >= 0.3 is 5.69 Å². The Morgan fingerprint density at radius 3 is 2.96 bits per heavy atom. The van der Waals surface area contributed by atoms with Crippen molar-refractivity contribution in [2.45, 2.75) is 25.1 Å². The Morgan fingerprint density at radius 2 is 2.33 bits per heavy atom. The normalized spacial score (nSPS) is 20.1. The molecule has 1 aliphatic heterocycles. The lowest BCUT2D eigenvalue weighted by atomic mass is 10.0. The SMILES string of the molecule is COc1ccc([C@H]2OCC[C@@H]2NC(=O)Cn2ncn(C)c2=O)cn1. The molecular weight excluding hydrogens is 314 g/mol. The maximum absolute atomic E-state index is 12.2. The molecule has 1 aliphatic rings. The zero-order valence-corrected chi connectivity index (χ0v) is 13.5. The minimum absolute atomic E-state index is 0.121. The number of carbonyl (C=O) groups excluding carboxylic acids is 1. The molecule has 1 N–H and O–H groups in total. The molecule has 128 valence electrons. The molecule has 0 bridgehead atoms. The molecule has 2 aromatic rings. The van der Waals surface area contributed by atoms with Crippen molar-refractivity contribution in [1.29, 1.82) is 0 Å². The van der Waals surface area contributed by atoms with Crippen LogP contribution in [0.1, 0.15) is 18.1 Å². The molecule has 3 heterocycles. The molecule has 24 heavy (non-hydrogen) atoms. The number of nitrogens with zero attached hydrogens (tertiary/aromatic N) is 4.